The molecule has 1 aromatic rings. The standard InChI is InChI=1S/C17H18N2O/c1-11-5-7-19-16(15(11)18)20-14-9-12-8-13-4-2-3-6-17(13,14)10-12/h2-7,9,12-13H,8,10,18H2,1H3. The minimum atomic E-state index is 0.0390. The predicted octanol–water partition coefficient (Wildman–Crippen LogP) is 3.39. The Morgan fingerprint density at radius 1 is 1.40 bits per heavy atom. The molecule has 3 nitrogen and oxygen atoms in total. The van der Waals surface area contributed by atoms with E-state index < -0.39 is 0 Å². The van der Waals surface area contributed by atoms with E-state index >= 15 is 0 Å². The number of aryl methyl sites for hydroxylation is 1. The Kier molecular flexibility index (Phi) is 2.34. The van der Waals surface area contributed by atoms with Gasteiger partial charge in [0.2, 0.25) is 5.88 Å². The summed E-state index contributed by atoms with van der Waals surface area (Å²) in [4.78, 5) is 4.29. The van der Waals surface area contributed by atoms with Crippen LogP contribution in [0.1, 0.15) is 18.4 Å². The summed E-state index contributed by atoms with van der Waals surface area (Å²) < 4.78 is 6.12. The molecule has 1 fully saturated rings. The summed E-state index contributed by atoms with van der Waals surface area (Å²) in [6, 6.07) is 1.90. The van der Waals surface area contributed by atoms with Gasteiger partial charge < -0.3 is 10.5 Å². The maximum Gasteiger partial charge on any atom is 0.242 e. The maximum absolute atomic E-state index is 6.12. The fraction of sp³-hybridized carbons (Fsp3) is 0.353. The van der Waals surface area contributed by atoms with E-state index in [2.05, 4.69) is 35.4 Å². The summed E-state index contributed by atoms with van der Waals surface area (Å²) in [5.41, 5.74) is 7.76. The van der Waals surface area contributed by atoms with Crippen molar-refractivity contribution in [2.75, 3.05) is 5.73 Å². The third-order valence-electron chi connectivity index (χ3n) is 4.89. The van der Waals surface area contributed by atoms with Gasteiger partial charge in [-0.1, -0.05) is 24.3 Å². The average Bonchev–Trinajstić information content (AvgIpc) is 2.97. The smallest absolute Gasteiger partial charge is 0.242 e. The van der Waals surface area contributed by atoms with Gasteiger partial charge in [0.05, 0.1) is 11.1 Å². The molecule has 3 heteroatoms. The van der Waals surface area contributed by atoms with Crippen molar-refractivity contribution >= 4 is 5.69 Å². The van der Waals surface area contributed by atoms with Crippen molar-refractivity contribution in [1.29, 1.82) is 0 Å². The third kappa shape index (κ3) is 1.49. The average molecular weight is 266 g/mol. The number of fused-ring (bicyclic) bond motifs is 1. The second kappa shape index (κ2) is 3.98. The Balaban J connectivity index is 1.70. The number of nitrogens with zero attached hydrogens (tertiary/aromatic N) is 1. The molecule has 1 saturated carbocycles. The number of pyridine rings is 1. The zero-order chi connectivity index (χ0) is 13.7. The zero-order valence-electron chi connectivity index (χ0n) is 11.5. The van der Waals surface area contributed by atoms with Gasteiger partial charge in [0.1, 0.15) is 5.76 Å². The Labute approximate surface area is 118 Å². The lowest BCUT2D eigenvalue weighted by molar-refractivity contribution is 0.253. The van der Waals surface area contributed by atoms with Gasteiger partial charge in [0.15, 0.2) is 0 Å². The molecule has 2 bridgehead atoms. The van der Waals surface area contributed by atoms with Crippen LogP contribution in [0.25, 0.3) is 0 Å². The summed E-state index contributed by atoms with van der Waals surface area (Å²) in [7, 11) is 0. The monoisotopic (exact) mass is 266 g/mol. The Bertz CT molecular complexity index is 659. The van der Waals surface area contributed by atoms with Crippen molar-refractivity contribution in [3.8, 4) is 5.88 Å². The first-order chi connectivity index (χ1) is 9.69. The van der Waals surface area contributed by atoms with Crippen LogP contribution in [0, 0.1) is 24.2 Å². The normalized spacial score (nSPS) is 33.1. The van der Waals surface area contributed by atoms with Crippen LogP contribution in [-0.4, -0.2) is 4.98 Å². The van der Waals surface area contributed by atoms with Crippen LogP contribution in [0.5, 0.6) is 5.88 Å². The lowest BCUT2D eigenvalue weighted by Crippen LogP contribution is -2.28. The van der Waals surface area contributed by atoms with Crippen LogP contribution in [0.3, 0.4) is 0 Å². The van der Waals surface area contributed by atoms with Crippen molar-refractivity contribution in [3.63, 3.8) is 0 Å². The second-order valence-corrected chi connectivity index (χ2v) is 6.07. The highest BCUT2D eigenvalue weighted by atomic mass is 16.5. The molecule has 1 aromatic heterocycles. The zero-order valence-corrected chi connectivity index (χ0v) is 11.5. The van der Waals surface area contributed by atoms with Crippen molar-refractivity contribution < 1.29 is 4.74 Å². The summed E-state index contributed by atoms with van der Waals surface area (Å²) in [5.74, 6) is 2.75. The first-order valence-corrected chi connectivity index (χ1v) is 7.16. The minimum absolute atomic E-state index is 0.0390. The van der Waals surface area contributed by atoms with Crippen molar-refractivity contribution in [2.24, 2.45) is 17.3 Å². The molecule has 102 valence electrons. The van der Waals surface area contributed by atoms with Gasteiger partial charge in [-0.05, 0) is 49.3 Å². The van der Waals surface area contributed by atoms with E-state index in [9.17, 15) is 0 Å². The van der Waals surface area contributed by atoms with E-state index in [1.165, 1.54) is 6.42 Å². The van der Waals surface area contributed by atoms with E-state index in [4.69, 9.17) is 10.5 Å². The molecule has 1 heterocycles. The molecule has 1 spiro atoms. The number of allylic oxidation sites excluding steroid dienone is 5. The van der Waals surface area contributed by atoms with Crippen LogP contribution in [0.2, 0.25) is 0 Å². The summed E-state index contributed by atoms with van der Waals surface area (Å²) in [6.07, 6.45) is 15.3. The van der Waals surface area contributed by atoms with Gasteiger partial charge in [-0.3, -0.25) is 0 Å². The molecular formula is C17H18N2O. The summed E-state index contributed by atoms with van der Waals surface area (Å²) in [5, 5.41) is 0. The number of nitrogen functional groups attached to an aromatic ring is 1. The molecule has 4 rings (SSSR count). The van der Waals surface area contributed by atoms with Crippen LogP contribution in [0.15, 0.2) is 48.4 Å². The number of ether oxygens (including phenoxy) is 1. The van der Waals surface area contributed by atoms with E-state index in [0.717, 1.165) is 17.7 Å². The Morgan fingerprint density at radius 2 is 2.30 bits per heavy atom. The molecule has 0 amide bonds. The highest BCUT2D eigenvalue weighted by molar-refractivity contribution is 5.55. The second-order valence-electron chi connectivity index (χ2n) is 6.07. The van der Waals surface area contributed by atoms with Crippen LogP contribution < -0.4 is 10.5 Å². The number of nitrogens with two attached hydrogens (primary N) is 1. The lowest BCUT2D eigenvalue weighted by atomic mass is 9.74. The molecule has 0 radical (unpaired) electrons. The Hall–Kier alpha value is -2.03. The maximum atomic E-state index is 6.12. The third-order valence-corrected chi connectivity index (χ3v) is 4.89. The van der Waals surface area contributed by atoms with Gasteiger partial charge in [-0.15, -0.1) is 0 Å². The number of hydrogen-bond acceptors (Lipinski definition) is 3. The fourth-order valence-corrected chi connectivity index (χ4v) is 3.79. The van der Waals surface area contributed by atoms with E-state index in [1.54, 1.807) is 6.20 Å². The first kappa shape index (κ1) is 11.8. The topological polar surface area (TPSA) is 48.1 Å². The van der Waals surface area contributed by atoms with Gasteiger partial charge in [-0.2, -0.15) is 0 Å². The lowest BCUT2D eigenvalue weighted by Gasteiger charge is -2.34. The Morgan fingerprint density at radius 3 is 3.20 bits per heavy atom. The van der Waals surface area contributed by atoms with Crippen molar-refractivity contribution in [2.45, 2.75) is 19.8 Å². The largest absolute Gasteiger partial charge is 0.441 e. The molecule has 20 heavy (non-hydrogen) atoms. The molecule has 3 atom stereocenters. The van der Waals surface area contributed by atoms with Crippen LogP contribution in [0.4, 0.5) is 5.69 Å². The van der Waals surface area contributed by atoms with Gasteiger partial charge in [-0.25, -0.2) is 4.98 Å². The fourth-order valence-electron chi connectivity index (χ4n) is 3.79. The van der Waals surface area contributed by atoms with Gasteiger partial charge >= 0.3 is 0 Å². The molecule has 0 aromatic carbocycles. The first-order valence-electron chi connectivity index (χ1n) is 7.16. The van der Waals surface area contributed by atoms with E-state index in [0.29, 0.717) is 23.4 Å². The number of hydrogen-bond donors (Lipinski definition) is 1. The van der Waals surface area contributed by atoms with Crippen molar-refractivity contribution in [1.82, 2.24) is 4.98 Å². The quantitative estimate of drug-likeness (QED) is 0.892. The van der Waals surface area contributed by atoms with Gasteiger partial charge in [0, 0.05) is 6.20 Å². The van der Waals surface area contributed by atoms with E-state index in [-0.39, 0.29) is 5.41 Å². The molecule has 3 aliphatic carbocycles. The number of rotatable bonds is 2. The minimum Gasteiger partial charge on any atom is -0.441 e. The molecule has 0 aliphatic heterocycles. The molecule has 2 N–H and O–H groups in total. The van der Waals surface area contributed by atoms with Gasteiger partial charge in [0.25, 0.3) is 0 Å². The summed E-state index contributed by atoms with van der Waals surface area (Å²) in [6.45, 7) is 1.98. The van der Waals surface area contributed by atoms with Crippen molar-refractivity contribution in [3.05, 3.63) is 54.0 Å². The summed E-state index contributed by atoms with van der Waals surface area (Å²) >= 11 is 0. The molecule has 3 unspecified atom stereocenters. The molecular weight excluding hydrogens is 248 g/mol. The highest BCUT2D eigenvalue weighted by Gasteiger charge is 2.53. The van der Waals surface area contributed by atoms with Crippen LogP contribution >= 0.6 is 0 Å². The number of aromatic nitrogens is 1. The van der Waals surface area contributed by atoms with E-state index in [1.807, 2.05) is 13.0 Å². The van der Waals surface area contributed by atoms with Crippen LogP contribution in [-0.2, 0) is 0 Å². The number of anilines is 1. The molecule has 0 saturated heterocycles. The SMILES string of the molecule is Cc1ccnc(OC2=CC3CC4C=CC=CC24C3)c1N. The highest BCUT2D eigenvalue weighted by Crippen LogP contribution is 2.60. The molecule has 3 aliphatic rings. The predicted molar refractivity (Wildman–Crippen MR) is 79.0 cm³/mol.